The largest absolute Gasteiger partial charge is 0.433 e. The van der Waals surface area contributed by atoms with Crippen molar-refractivity contribution in [3.8, 4) is 11.3 Å². The van der Waals surface area contributed by atoms with Crippen LogP contribution in [0.1, 0.15) is 16.2 Å². The quantitative estimate of drug-likeness (QED) is 0.585. The third kappa shape index (κ3) is 4.73. The lowest BCUT2D eigenvalue weighted by atomic mass is 10.1. The highest BCUT2D eigenvalue weighted by Gasteiger charge is 2.36. The molecule has 7 nitrogen and oxygen atoms in total. The molecule has 164 valence electrons. The molecule has 0 spiro atoms. The van der Waals surface area contributed by atoms with Crippen molar-refractivity contribution in [3.05, 3.63) is 52.3 Å². The van der Waals surface area contributed by atoms with Gasteiger partial charge in [0.05, 0.1) is 23.4 Å². The second-order valence-corrected chi connectivity index (χ2v) is 7.79. The molecule has 1 saturated heterocycles. The Bertz CT molecular complexity index is 1080. The summed E-state index contributed by atoms with van der Waals surface area (Å²) in [7, 11) is 0. The number of carbonyl (C=O) groups is 1. The molecule has 0 radical (unpaired) electrons. The van der Waals surface area contributed by atoms with E-state index in [-0.39, 0.29) is 21.5 Å². The molecule has 0 atom stereocenters. The molecule has 0 bridgehead atoms. The van der Waals surface area contributed by atoms with E-state index in [1.807, 2.05) is 0 Å². The number of nitrogens with one attached hydrogen (secondary N) is 1. The smallest absolute Gasteiger partial charge is 0.379 e. The van der Waals surface area contributed by atoms with Crippen molar-refractivity contribution < 1.29 is 22.7 Å². The second kappa shape index (κ2) is 8.93. The SMILES string of the molecule is O=C(NCCN1CCOCC1)c1nn2c(C(F)(F)F)cc(-c3ccccc3)nc2c1Br. The van der Waals surface area contributed by atoms with Crippen LogP contribution in [0.25, 0.3) is 16.9 Å². The zero-order chi connectivity index (χ0) is 22.0. The van der Waals surface area contributed by atoms with Crippen LogP contribution in [0.3, 0.4) is 0 Å². The average molecular weight is 498 g/mol. The first-order chi connectivity index (χ1) is 14.8. The number of aromatic nitrogens is 3. The van der Waals surface area contributed by atoms with Gasteiger partial charge in [0.25, 0.3) is 5.91 Å². The van der Waals surface area contributed by atoms with E-state index in [2.05, 4.69) is 36.2 Å². The molecule has 0 saturated carbocycles. The molecule has 0 unspecified atom stereocenters. The average Bonchev–Trinajstić information content (AvgIpc) is 3.10. The van der Waals surface area contributed by atoms with Crippen LogP contribution in [0.4, 0.5) is 13.2 Å². The summed E-state index contributed by atoms with van der Waals surface area (Å²) in [5.74, 6) is -0.569. The summed E-state index contributed by atoms with van der Waals surface area (Å²) in [6, 6.07) is 9.47. The maximum atomic E-state index is 13.7. The Labute approximate surface area is 184 Å². The number of ether oxygens (including phenoxy) is 1. The van der Waals surface area contributed by atoms with Gasteiger partial charge in [0, 0.05) is 31.7 Å². The van der Waals surface area contributed by atoms with E-state index in [9.17, 15) is 18.0 Å². The number of morpholine rings is 1. The molecule has 1 aliphatic rings. The summed E-state index contributed by atoms with van der Waals surface area (Å²) in [5, 5.41) is 6.64. The van der Waals surface area contributed by atoms with E-state index in [4.69, 9.17) is 4.74 Å². The Kier molecular flexibility index (Phi) is 6.26. The highest BCUT2D eigenvalue weighted by atomic mass is 79.9. The third-order valence-electron chi connectivity index (χ3n) is 4.93. The summed E-state index contributed by atoms with van der Waals surface area (Å²) < 4.78 is 47.3. The fraction of sp³-hybridized carbons (Fsp3) is 0.350. The molecule has 2 aromatic heterocycles. The first-order valence-electron chi connectivity index (χ1n) is 9.65. The van der Waals surface area contributed by atoms with E-state index in [0.717, 1.165) is 19.2 Å². The molecule has 11 heteroatoms. The lowest BCUT2D eigenvalue weighted by Crippen LogP contribution is -2.41. The molecule has 1 aliphatic heterocycles. The minimum atomic E-state index is -4.68. The van der Waals surface area contributed by atoms with Crippen molar-refractivity contribution in [3.63, 3.8) is 0 Å². The zero-order valence-corrected chi connectivity index (χ0v) is 17.9. The number of rotatable bonds is 5. The molecule has 31 heavy (non-hydrogen) atoms. The highest BCUT2D eigenvalue weighted by Crippen LogP contribution is 2.34. The molecule has 1 aromatic carbocycles. The Hall–Kier alpha value is -2.50. The van der Waals surface area contributed by atoms with Gasteiger partial charge in [-0.3, -0.25) is 9.69 Å². The van der Waals surface area contributed by atoms with Crippen LogP contribution >= 0.6 is 15.9 Å². The fourth-order valence-electron chi connectivity index (χ4n) is 3.33. The number of benzene rings is 1. The van der Waals surface area contributed by atoms with Gasteiger partial charge in [0.1, 0.15) is 0 Å². The highest BCUT2D eigenvalue weighted by molar-refractivity contribution is 9.10. The number of amides is 1. The Balaban J connectivity index is 1.64. The van der Waals surface area contributed by atoms with E-state index in [0.29, 0.717) is 36.4 Å². The Morgan fingerprint density at radius 3 is 2.58 bits per heavy atom. The van der Waals surface area contributed by atoms with E-state index in [1.165, 1.54) is 0 Å². The number of carbonyl (C=O) groups excluding carboxylic acids is 1. The lowest BCUT2D eigenvalue weighted by Gasteiger charge is -2.26. The molecule has 0 aliphatic carbocycles. The van der Waals surface area contributed by atoms with Crippen molar-refractivity contribution in [2.45, 2.75) is 6.18 Å². The number of halogens is 4. The maximum Gasteiger partial charge on any atom is 0.433 e. The van der Waals surface area contributed by atoms with Gasteiger partial charge in [-0.2, -0.15) is 18.3 Å². The molecule has 3 heterocycles. The second-order valence-electron chi connectivity index (χ2n) is 7.00. The standard InChI is InChI=1S/C20H19BrF3N5O2/c21-16-17(19(30)25-6-7-28-8-10-31-11-9-28)27-29-15(20(22,23)24)12-14(26-18(16)29)13-4-2-1-3-5-13/h1-5,12H,6-11H2,(H,25,30). The number of fused-ring (bicyclic) bond motifs is 1. The van der Waals surface area contributed by atoms with Crippen molar-refractivity contribution in [2.75, 3.05) is 39.4 Å². The van der Waals surface area contributed by atoms with Crippen LogP contribution < -0.4 is 5.32 Å². The van der Waals surface area contributed by atoms with Crippen LogP contribution in [-0.2, 0) is 10.9 Å². The van der Waals surface area contributed by atoms with Gasteiger partial charge in [-0.25, -0.2) is 9.50 Å². The van der Waals surface area contributed by atoms with Gasteiger partial charge in [-0.05, 0) is 22.0 Å². The van der Waals surface area contributed by atoms with Crippen molar-refractivity contribution >= 4 is 27.5 Å². The van der Waals surface area contributed by atoms with Crippen LogP contribution in [0.5, 0.6) is 0 Å². The van der Waals surface area contributed by atoms with E-state index in [1.54, 1.807) is 30.3 Å². The summed E-state index contributed by atoms with van der Waals surface area (Å²) in [4.78, 5) is 19.1. The normalized spacial score (nSPS) is 15.4. The van der Waals surface area contributed by atoms with Crippen LogP contribution in [-0.4, -0.2) is 64.8 Å². The van der Waals surface area contributed by atoms with E-state index >= 15 is 0 Å². The van der Waals surface area contributed by atoms with Crippen molar-refractivity contribution in [2.24, 2.45) is 0 Å². The summed E-state index contributed by atoms with van der Waals surface area (Å²) in [6.07, 6.45) is -4.68. The molecular formula is C20H19BrF3N5O2. The minimum Gasteiger partial charge on any atom is -0.379 e. The number of alkyl halides is 3. The molecule has 1 amide bonds. The minimum absolute atomic E-state index is 0.0768. The van der Waals surface area contributed by atoms with Crippen LogP contribution in [0, 0.1) is 0 Å². The van der Waals surface area contributed by atoms with Crippen molar-refractivity contribution in [1.82, 2.24) is 24.8 Å². The molecule has 1 N–H and O–H groups in total. The molecular weight excluding hydrogens is 479 g/mol. The van der Waals surface area contributed by atoms with Gasteiger partial charge in [0.2, 0.25) is 0 Å². The molecule has 4 rings (SSSR count). The Morgan fingerprint density at radius 1 is 1.19 bits per heavy atom. The molecule has 3 aromatic rings. The van der Waals surface area contributed by atoms with Gasteiger partial charge >= 0.3 is 6.18 Å². The maximum absolute atomic E-state index is 13.7. The fourth-order valence-corrected chi connectivity index (χ4v) is 3.85. The number of nitrogens with zero attached hydrogens (tertiary/aromatic N) is 4. The van der Waals surface area contributed by atoms with Gasteiger partial charge in [-0.1, -0.05) is 30.3 Å². The first-order valence-corrected chi connectivity index (χ1v) is 10.4. The predicted octanol–water partition coefficient (Wildman–Crippen LogP) is 3.24. The number of hydrogen-bond acceptors (Lipinski definition) is 5. The zero-order valence-electron chi connectivity index (χ0n) is 16.3. The van der Waals surface area contributed by atoms with Gasteiger partial charge in [0.15, 0.2) is 17.0 Å². The predicted molar refractivity (Wildman–Crippen MR) is 111 cm³/mol. The monoisotopic (exact) mass is 497 g/mol. The van der Waals surface area contributed by atoms with Gasteiger partial charge in [-0.15, -0.1) is 0 Å². The summed E-state index contributed by atoms with van der Waals surface area (Å²) in [5.41, 5.74) is -0.568. The Morgan fingerprint density at radius 2 is 1.90 bits per heavy atom. The van der Waals surface area contributed by atoms with Crippen molar-refractivity contribution in [1.29, 1.82) is 0 Å². The summed E-state index contributed by atoms with van der Waals surface area (Å²) in [6.45, 7) is 3.78. The van der Waals surface area contributed by atoms with Crippen LogP contribution in [0.2, 0.25) is 0 Å². The molecule has 1 fully saturated rings. The summed E-state index contributed by atoms with van der Waals surface area (Å²) >= 11 is 3.23. The van der Waals surface area contributed by atoms with Gasteiger partial charge < -0.3 is 10.1 Å². The first kappa shape index (κ1) is 21.7. The number of hydrogen-bond donors (Lipinski definition) is 1. The van der Waals surface area contributed by atoms with Crippen LogP contribution in [0.15, 0.2) is 40.9 Å². The van der Waals surface area contributed by atoms with E-state index < -0.39 is 17.8 Å². The third-order valence-corrected chi connectivity index (χ3v) is 5.66. The lowest BCUT2D eigenvalue weighted by molar-refractivity contribution is -0.142. The topological polar surface area (TPSA) is 71.8 Å².